The van der Waals surface area contributed by atoms with Crippen LogP contribution in [0.15, 0.2) is 72.7 Å². The summed E-state index contributed by atoms with van der Waals surface area (Å²) in [6.45, 7) is 6.86. The monoisotopic (exact) mass is 825 g/mol. The number of imidazole rings is 1. The number of likely N-dealkylation sites (tertiary alicyclic amines) is 1. The smallest absolute Gasteiger partial charge is 0.258 e. The number of nitrogens with zero attached hydrogens (tertiary/aromatic N) is 8. The van der Waals surface area contributed by atoms with Crippen LogP contribution in [0, 0.1) is 5.92 Å². The Labute approximate surface area is 353 Å². The number of carbonyl (C=O) groups is 2. The number of hydrogen-bond acceptors (Lipinski definition) is 12. The third-order valence-corrected chi connectivity index (χ3v) is 12.8. The first-order valence-corrected chi connectivity index (χ1v) is 21.5. The van der Waals surface area contributed by atoms with Gasteiger partial charge < -0.3 is 35.4 Å². The van der Waals surface area contributed by atoms with E-state index in [1.165, 1.54) is 6.42 Å². The van der Waals surface area contributed by atoms with Gasteiger partial charge in [-0.1, -0.05) is 0 Å². The first-order chi connectivity index (χ1) is 29.8. The number of aromatic nitrogens is 5. The molecular formula is C45H51N11O5. The molecule has 4 fully saturated rings. The summed E-state index contributed by atoms with van der Waals surface area (Å²) >= 11 is 0. The summed E-state index contributed by atoms with van der Waals surface area (Å²) in [5, 5.41) is 14.9. The third-order valence-electron chi connectivity index (χ3n) is 12.8. The zero-order valence-electron chi connectivity index (χ0n) is 34.4. The van der Waals surface area contributed by atoms with Gasteiger partial charge >= 0.3 is 0 Å². The second kappa shape index (κ2) is 17.6. The van der Waals surface area contributed by atoms with Gasteiger partial charge in [0.05, 0.1) is 47.2 Å². The fourth-order valence-electron chi connectivity index (χ4n) is 9.36. The molecule has 0 bridgehead atoms. The van der Waals surface area contributed by atoms with E-state index in [1.807, 2.05) is 12.1 Å². The summed E-state index contributed by atoms with van der Waals surface area (Å²) in [5.41, 5.74) is 5.00. The molecule has 0 spiro atoms. The molecule has 1 atom stereocenters. The Morgan fingerprint density at radius 3 is 2.48 bits per heavy atom. The number of fused-ring (bicyclic) bond motifs is 2. The molecule has 0 saturated carbocycles. The molecule has 9 rings (SSSR count). The van der Waals surface area contributed by atoms with Crippen LogP contribution in [0.4, 0.5) is 17.1 Å². The van der Waals surface area contributed by atoms with E-state index in [2.05, 4.69) is 63.6 Å². The van der Waals surface area contributed by atoms with Gasteiger partial charge in [-0.05, 0) is 81.5 Å². The van der Waals surface area contributed by atoms with Crippen LogP contribution in [0.3, 0.4) is 0 Å². The summed E-state index contributed by atoms with van der Waals surface area (Å²) in [4.78, 5) is 65.2. The molecule has 2 aromatic carbocycles. The molecule has 2 amide bonds. The Balaban J connectivity index is 0.792. The van der Waals surface area contributed by atoms with Crippen LogP contribution >= 0.6 is 0 Å². The van der Waals surface area contributed by atoms with Gasteiger partial charge in [-0.3, -0.25) is 18.7 Å². The van der Waals surface area contributed by atoms with Crippen LogP contribution in [-0.2, 0) is 9.59 Å². The fraction of sp³-hybridized carbons (Fsp3) is 0.444. The Kier molecular flexibility index (Phi) is 11.6. The van der Waals surface area contributed by atoms with Gasteiger partial charge in [-0.15, -0.1) is 0 Å². The summed E-state index contributed by atoms with van der Waals surface area (Å²) in [6.07, 6.45) is 17.4. The van der Waals surface area contributed by atoms with Gasteiger partial charge in [0.2, 0.25) is 5.78 Å². The molecule has 0 aliphatic carbocycles. The average molecular weight is 826 g/mol. The molecule has 16 heteroatoms. The van der Waals surface area contributed by atoms with Crippen molar-refractivity contribution in [2.45, 2.75) is 69.9 Å². The van der Waals surface area contributed by atoms with Crippen LogP contribution in [0.25, 0.3) is 16.7 Å². The van der Waals surface area contributed by atoms with Crippen LogP contribution in [-0.4, -0.2) is 112 Å². The predicted octanol–water partition coefficient (Wildman–Crippen LogP) is 4.80. The van der Waals surface area contributed by atoms with Crippen molar-refractivity contribution in [2.24, 2.45) is 5.92 Å². The maximum atomic E-state index is 13.5. The lowest BCUT2D eigenvalue weighted by Gasteiger charge is -2.38. The van der Waals surface area contributed by atoms with Crippen molar-refractivity contribution in [3.8, 4) is 5.75 Å². The minimum atomic E-state index is -0.578. The number of piperidine rings is 4. The Morgan fingerprint density at radius 1 is 0.885 bits per heavy atom. The SMILES string of the molecule is COc1cc(N2CCC(CN3CCC(n4cc5cc(NC(=O)c6cnc7nccn7c6)c(N6CCCCC6)cc5n4)CC3)CC2)ccc1C(=O)N[C@H]1CCC(=C=O)NC1=C=O. The van der Waals surface area contributed by atoms with E-state index < -0.39 is 6.04 Å². The molecule has 61 heavy (non-hydrogen) atoms. The highest BCUT2D eigenvalue weighted by atomic mass is 16.5. The van der Waals surface area contributed by atoms with Gasteiger partial charge in [-0.25, -0.2) is 19.6 Å². The molecule has 0 unspecified atom stereocenters. The summed E-state index contributed by atoms with van der Waals surface area (Å²) in [7, 11) is 1.55. The standard InChI is InChI=1S/C45H51N11O5/c1-61-42-22-35(6-7-36(42)44(60)49-37-8-5-33(28-57)48-40(37)29-58)53-18-9-30(10-19-53)25-52-16-11-34(12-17-52)56-27-31-21-39(41(23-38(31)51-56)54-14-3-2-4-15-54)50-43(59)32-24-47-45-46-13-20-55(45)26-32/h6-7,13,20-24,26-27,30,34,37,48H,2-5,8-12,14-19,25H2,1H3,(H,49,60)(H,50,59)/t37-/m0/s1. The highest BCUT2D eigenvalue weighted by molar-refractivity contribution is 6.07. The molecule has 3 aromatic heterocycles. The molecular weight excluding hydrogens is 775 g/mol. The van der Waals surface area contributed by atoms with E-state index in [0.29, 0.717) is 47.5 Å². The zero-order valence-corrected chi connectivity index (χ0v) is 34.4. The topological polar surface area (TPSA) is 171 Å². The van der Waals surface area contributed by atoms with Gasteiger partial charge in [0.15, 0.2) is 0 Å². The van der Waals surface area contributed by atoms with Crippen LogP contribution in [0.1, 0.15) is 84.5 Å². The van der Waals surface area contributed by atoms with Crippen molar-refractivity contribution in [2.75, 3.05) is 68.0 Å². The van der Waals surface area contributed by atoms with Gasteiger partial charge in [0.1, 0.15) is 29.0 Å². The second-order valence-electron chi connectivity index (χ2n) is 16.6. The van der Waals surface area contributed by atoms with Crippen molar-refractivity contribution in [1.29, 1.82) is 0 Å². The molecule has 5 aromatic rings. The Morgan fingerprint density at radius 2 is 1.70 bits per heavy atom. The van der Waals surface area contributed by atoms with E-state index in [0.717, 1.165) is 112 Å². The maximum Gasteiger partial charge on any atom is 0.258 e. The van der Waals surface area contributed by atoms with Gasteiger partial charge in [0.25, 0.3) is 11.8 Å². The zero-order chi connectivity index (χ0) is 41.9. The molecule has 3 N–H and O–H groups in total. The first-order valence-electron chi connectivity index (χ1n) is 21.5. The lowest BCUT2D eigenvalue weighted by molar-refractivity contribution is 0.0935. The Bertz CT molecular complexity index is 2530. The first kappa shape index (κ1) is 40.0. The van der Waals surface area contributed by atoms with E-state index in [-0.39, 0.29) is 23.2 Å². The summed E-state index contributed by atoms with van der Waals surface area (Å²) < 4.78 is 9.56. The molecule has 4 aliphatic heterocycles. The normalized spacial score (nSPS) is 19.4. The number of methoxy groups -OCH3 is 1. The quantitative estimate of drug-likeness (QED) is 0.165. The van der Waals surface area contributed by atoms with Crippen LogP contribution in [0.5, 0.6) is 5.75 Å². The average Bonchev–Trinajstić information content (AvgIpc) is 3.96. The van der Waals surface area contributed by atoms with Crippen molar-refractivity contribution in [1.82, 2.24) is 39.7 Å². The summed E-state index contributed by atoms with van der Waals surface area (Å²) in [6, 6.07) is 9.60. The predicted molar refractivity (Wildman–Crippen MR) is 231 cm³/mol. The van der Waals surface area contributed by atoms with Crippen molar-refractivity contribution >= 4 is 57.4 Å². The van der Waals surface area contributed by atoms with E-state index in [4.69, 9.17) is 9.84 Å². The number of amides is 2. The van der Waals surface area contributed by atoms with Crippen molar-refractivity contribution in [3.63, 3.8) is 0 Å². The molecule has 316 valence electrons. The van der Waals surface area contributed by atoms with Crippen molar-refractivity contribution in [3.05, 3.63) is 83.8 Å². The van der Waals surface area contributed by atoms with Gasteiger partial charge in [0, 0.05) is 100 Å². The number of rotatable bonds is 10. The minimum absolute atomic E-state index is 0.118. The molecule has 0 radical (unpaired) electrons. The molecule has 7 heterocycles. The molecule has 16 nitrogen and oxygen atoms in total. The van der Waals surface area contributed by atoms with E-state index >= 15 is 0 Å². The number of hydrogen-bond donors (Lipinski definition) is 3. The molecule has 4 saturated heterocycles. The van der Waals surface area contributed by atoms with Crippen molar-refractivity contribution < 1.29 is 23.9 Å². The number of ether oxygens (including phenoxy) is 1. The number of nitrogens with one attached hydrogen (secondary N) is 3. The molecule has 4 aliphatic rings. The van der Waals surface area contributed by atoms with E-state index in [1.54, 1.807) is 54.2 Å². The highest BCUT2D eigenvalue weighted by Crippen LogP contribution is 2.35. The van der Waals surface area contributed by atoms with Crippen LogP contribution < -0.4 is 30.5 Å². The number of benzene rings is 2. The van der Waals surface area contributed by atoms with E-state index in [9.17, 15) is 19.2 Å². The van der Waals surface area contributed by atoms with Crippen LogP contribution in [0.2, 0.25) is 0 Å². The number of carbonyl (C=O) groups excluding carboxylic acids is 4. The third kappa shape index (κ3) is 8.60. The number of allylic oxidation sites excluding steroid dienone is 1. The lowest BCUT2D eigenvalue weighted by Crippen LogP contribution is -2.43. The lowest BCUT2D eigenvalue weighted by atomic mass is 9.94. The second-order valence-corrected chi connectivity index (χ2v) is 16.6. The largest absolute Gasteiger partial charge is 0.496 e. The fourth-order valence-corrected chi connectivity index (χ4v) is 9.36. The maximum absolute atomic E-state index is 13.5. The number of anilines is 3. The highest BCUT2D eigenvalue weighted by Gasteiger charge is 2.29. The summed E-state index contributed by atoms with van der Waals surface area (Å²) in [5.74, 6) is 4.64. The minimum Gasteiger partial charge on any atom is -0.496 e. The van der Waals surface area contributed by atoms with Gasteiger partial charge in [-0.2, -0.15) is 5.10 Å². The Hall–Kier alpha value is -6.47.